The van der Waals surface area contributed by atoms with E-state index in [0.717, 1.165) is 5.69 Å². The molecule has 9 aromatic heterocycles. The molecule has 5 aromatic carbocycles. The van der Waals surface area contributed by atoms with Crippen LogP contribution >= 0.6 is 0 Å². The molecule has 352 valence electrons. The SMILES string of the molecule is Cc1ccc2[se]c3cccnc3c2c1.Cc1ccc2c(c1)[se]c1cccnc12.Cc1ccc2c(n1)C(C)(C)c1ccccc1-2.Cc1cccc2[se]c3cccnc3c12.Cc1cccc2c1[se]c1cccnc12. The van der Waals surface area contributed by atoms with Gasteiger partial charge in [-0.05, 0) is 24.1 Å². The van der Waals surface area contributed by atoms with Crippen LogP contribution in [0.15, 0.2) is 183 Å². The number of nitrogens with zero attached hydrogens (tertiary/aromatic N) is 5. The van der Waals surface area contributed by atoms with Crippen LogP contribution in [0.5, 0.6) is 0 Å². The summed E-state index contributed by atoms with van der Waals surface area (Å²) in [5.41, 5.74) is 16.6. The Bertz CT molecular complexity index is 4260. The van der Waals surface area contributed by atoms with E-state index in [1.807, 2.05) is 49.1 Å². The summed E-state index contributed by atoms with van der Waals surface area (Å²) in [5, 5.41) is 5.41. The molecule has 0 spiro atoms. The van der Waals surface area contributed by atoms with Crippen LogP contribution in [0.2, 0.25) is 0 Å². The van der Waals surface area contributed by atoms with Gasteiger partial charge in [-0.1, -0.05) is 44.2 Å². The Balaban J connectivity index is 0.0000000974. The number of hydrogen-bond donors (Lipinski definition) is 0. The molecule has 0 bridgehead atoms. The van der Waals surface area contributed by atoms with Gasteiger partial charge in [0, 0.05) is 16.7 Å². The molecule has 0 saturated heterocycles. The van der Waals surface area contributed by atoms with Crippen LogP contribution in [0.1, 0.15) is 53.1 Å². The predicted molar refractivity (Wildman–Crippen MR) is 310 cm³/mol. The first kappa shape index (κ1) is 48.2. The molecule has 0 N–H and O–H groups in total. The van der Waals surface area contributed by atoms with Crippen molar-refractivity contribution < 1.29 is 0 Å². The van der Waals surface area contributed by atoms with Crippen molar-refractivity contribution in [3.05, 3.63) is 222 Å². The van der Waals surface area contributed by atoms with Crippen molar-refractivity contribution >= 4 is 136 Å². The second-order valence-electron chi connectivity index (χ2n) is 18.7. The van der Waals surface area contributed by atoms with Crippen molar-refractivity contribution in [3.63, 3.8) is 0 Å². The van der Waals surface area contributed by atoms with E-state index in [1.54, 1.807) is 0 Å². The van der Waals surface area contributed by atoms with Crippen LogP contribution in [0.3, 0.4) is 0 Å². The molecule has 1 aliphatic carbocycles. The summed E-state index contributed by atoms with van der Waals surface area (Å²) in [7, 11) is 0. The van der Waals surface area contributed by atoms with E-state index >= 15 is 0 Å². The number of pyridine rings is 5. The van der Waals surface area contributed by atoms with E-state index in [9.17, 15) is 0 Å². The fraction of sp³-hybridized carbons (Fsp3) is 0.127. The summed E-state index contributed by atoms with van der Waals surface area (Å²) in [6.45, 7) is 15.2. The number of fused-ring (bicyclic) bond motifs is 15. The second-order valence-corrected chi connectivity index (χ2v) is 27.8. The molecule has 72 heavy (non-hydrogen) atoms. The summed E-state index contributed by atoms with van der Waals surface area (Å²) in [6.07, 6.45) is 7.53. The number of hydrogen-bond acceptors (Lipinski definition) is 5. The van der Waals surface area contributed by atoms with Gasteiger partial charge in [-0.2, -0.15) is 0 Å². The normalized spacial score (nSPS) is 12.2. The third kappa shape index (κ3) is 9.42. The van der Waals surface area contributed by atoms with Gasteiger partial charge in [0.05, 0.1) is 5.69 Å². The van der Waals surface area contributed by atoms with E-state index in [-0.39, 0.29) is 5.41 Å². The summed E-state index contributed by atoms with van der Waals surface area (Å²) in [6, 6.07) is 56.2. The van der Waals surface area contributed by atoms with Gasteiger partial charge < -0.3 is 0 Å². The van der Waals surface area contributed by atoms with Crippen LogP contribution < -0.4 is 0 Å². The van der Waals surface area contributed by atoms with Gasteiger partial charge in [0.2, 0.25) is 0 Å². The zero-order chi connectivity index (χ0) is 49.5. The van der Waals surface area contributed by atoms with Gasteiger partial charge >= 0.3 is 352 Å². The molecular formula is C63H51N5Se4. The molecule has 0 saturated carbocycles. The summed E-state index contributed by atoms with van der Waals surface area (Å²) in [4.78, 5) is 22.6. The minimum atomic E-state index is 0.0396. The molecule has 14 aromatic rings. The van der Waals surface area contributed by atoms with Crippen LogP contribution in [0.25, 0.3) is 88.8 Å². The molecule has 15 rings (SSSR count). The van der Waals surface area contributed by atoms with Crippen molar-refractivity contribution in [2.75, 3.05) is 0 Å². The summed E-state index contributed by atoms with van der Waals surface area (Å²) >= 11 is 1.85. The van der Waals surface area contributed by atoms with Crippen molar-refractivity contribution in [2.24, 2.45) is 0 Å². The average molecular weight is 1190 g/mol. The van der Waals surface area contributed by atoms with E-state index in [2.05, 4.69) is 202 Å². The standard InChI is InChI=1S/C15H15N.4C12H9NSe/c1-10-8-9-12-11-6-4-5-7-13(11)15(2,3)14(12)16-10;1-8-4-2-5-9-11-10(14-12(8)9)6-3-7-13-11;1-8-4-2-5-9-11(8)12-10(14-9)6-3-7-13-12;1-8-4-5-10-9(7-8)12-11(14-10)3-2-6-13-12;1-8-4-5-9-11(7-8)14-10-3-2-6-13-12(9)10/h4-9H,1-3H3;4*2-7H,1H3. The van der Waals surface area contributed by atoms with Crippen LogP contribution in [0, 0.1) is 34.6 Å². The van der Waals surface area contributed by atoms with Gasteiger partial charge in [0.1, 0.15) is 0 Å². The fourth-order valence-electron chi connectivity index (χ4n) is 9.62. The van der Waals surface area contributed by atoms with E-state index in [0.29, 0.717) is 58.0 Å². The fourth-order valence-corrected chi connectivity index (χ4v) is 19.0. The zero-order valence-corrected chi connectivity index (χ0v) is 48.0. The van der Waals surface area contributed by atoms with E-state index < -0.39 is 0 Å². The molecule has 0 amide bonds. The Morgan fingerprint density at radius 2 is 0.931 bits per heavy atom. The molecular weight excluding hydrogens is 1140 g/mol. The second kappa shape index (κ2) is 20.4. The Morgan fingerprint density at radius 1 is 0.375 bits per heavy atom. The molecule has 0 radical (unpaired) electrons. The third-order valence-corrected chi connectivity index (χ3v) is 22.9. The Morgan fingerprint density at radius 3 is 1.67 bits per heavy atom. The maximum absolute atomic E-state index is 4.72. The molecule has 9 heteroatoms. The van der Waals surface area contributed by atoms with Crippen LogP contribution in [0.4, 0.5) is 0 Å². The molecule has 1 aliphatic rings. The van der Waals surface area contributed by atoms with E-state index in [1.165, 1.54) is 122 Å². The first-order chi connectivity index (χ1) is 35.0. The van der Waals surface area contributed by atoms with Gasteiger partial charge in [-0.3, -0.25) is 4.98 Å². The number of aryl methyl sites for hydroxylation is 5. The maximum atomic E-state index is 4.72. The van der Waals surface area contributed by atoms with Crippen LogP contribution in [-0.4, -0.2) is 82.9 Å². The van der Waals surface area contributed by atoms with Crippen molar-refractivity contribution in [3.8, 4) is 11.1 Å². The van der Waals surface area contributed by atoms with Crippen molar-refractivity contribution in [1.29, 1.82) is 0 Å². The van der Waals surface area contributed by atoms with Gasteiger partial charge in [0.25, 0.3) is 0 Å². The Kier molecular flexibility index (Phi) is 13.7. The summed E-state index contributed by atoms with van der Waals surface area (Å²) in [5.74, 6) is 0. The average Bonchev–Trinajstić information content (AvgIpc) is 4.21. The Labute approximate surface area is 443 Å². The van der Waals surface area contributed by atoms with Crippen molar-refractivity contribution in [2.45, 2.75) is 53.9 Å². The molecule has 0 atom stereocenters. The summed E-state index contributed by atoms with van der Waals surface area (Å²) < 4.78 is 11.6. The predicted octanol–water partition coefficient (Wildman–Crippen LogP) is 14.7. The molecule has 0 unspecified atom stereocenters. The monoisotopic (exact) mass is 1200 g/mol. The van der Waals surface area contributed by atoms with Gasteiger partial charge in [0.15, 0.2) is 0 Å². The van der Waals surface area contributed by atoms with E-state index in [4.69, 9.17) is 4.98 Å². The van der Waals surface area contributed by atoms with Gasteiger partial charge in [-0.25, -0.2) is 0 Å². The molecule has 0 aliphatic heterocycles. The molecule has 0 fully saturated rings. The number of rotatable bonds is 0. The number of aromatic nitrogens is 5. The topological polar surface area (TPSA) is 64.5 Å². The zero-order valence-electron chi connectivity index (χ0n) is 41.2. The Hall–Kier alpha value is -6.07. The van der Waals surface area contributed by atoms with Gasteiger partial charge in [-0.15, -0.1) is 0 Å². The molecule has 5 nitrogen and oxygen atoms in total. The van der Waals surface area contributed by atoms with Crippen molar-refractivity contribution in [1.82, 2.24) is 24.9 Å². The first-order valence-corrected chi connectivity index (χ1v) is 30.9. The third-order valence-electron chi connectivity index (χ3n) is 13.2. The molecule has 9 heterocycles. The first-order valence-electron chi connectivity index (χ1n) is 24.0. The number of benzene rings is 5. The van der Waals surface area contributed by atoms with Crippen LogP contribution in [-0.2, 0) is 5.41 Å². The quantitative estimate of drug-likeness (QED) is 0.142. The minimum absolute atomic E-state index is 0.0396.